The number of likely N-dealkylation sites (tertiary alicyclic amines) is 1. The number of nitrogens with zero attached hydrogens (tertiary/aromatic N) is 4. The van der Waals surface area contributed by atoms with Crippen molar-refractivity contribution >= 4 is 17.5 Å². The van der Waals surface area contributed by atoms with E-state index in [2.05, 4.69) is 20.3 Å². The maximum absolute atomic E-state index is 11.7. The monoisotopic (exact) mass is 283 g/mol. The molecule has 0 unspecified atom stereocenters. The summed E-state index contributed by atoms with van der Waals surface area (Å²) in [5, 5.41) is 3.12. The molecule has 0 radical (unpaired) electrons. The lowest BCUT2D eigenvalue weighted by Crippen LogP contribution is -2.28. The van der Waals surface area contributed by atoms with Crippen LogP contribution in [-0.2, 0) is 4.79 Å². The predicted molar refractivity (Wildman–Crippen MR) is 78.9 cm³/mol. The summed E-state index contributed by atoms with van der Waals surface area (Å²) in [6.45, 7) is 2.39. The van der Waals surface area contributed by atoms with Gasteiger partial charge in [0.1, 0.15) is 11.6 Å². The molecule has 108 valence electrons. The first-order valence-corrected chi connectivity index (χ1v) is 7.01. The molecule has 0 aromatic carbocycles. The van der Waals surface area contributed by atoms with E-state index < -0.39 is 0 Å². The zero-order valence-corrected chi connectivity index (χ0v) is 11.9. The maximum atomic E-state index is 11.7. The first-order valence-electron chi connectivity index (χ1n) is 7.01. The molecule has 6 heteroatoms. The van der Waals surface area contributed by atoms with Crippen molar-refractivity contribution in [2.75, 3.05) is 11.9 Å². The van der Waals surface area contributed by atoms with Crippen molar-refractivity contribution < 1.29 is 4.79 Å². The Kier molecular flexibility index (Phi) is 3.77. The average molecular weight is 283 g/mol. The van der Waals surface area contributed by atoms with E-state index in [-0.39, 0.29) is 11.9 Å². The molecule has 0 aliphatic carbocycles. The fourth-order valence-electron chi connectivity index (χ4n) is 2.62. The van der Waals surface area contributed by atoms with Crippen LogP contribution in [0.15, 0.2) is 36.8 Å². The third-order valence-corrected chi connectivity index (χ3v) is 3.57. The van der Waals surface area contributed by atoms with E-state index >= 15 is 0 Å². The van der Waals surface area contributed by atoms with Crippen molar-refractivity contribution in [3.05, 3.63) is 42.5 Å². The van der Waals surface area contributed by atoms with Crippen molar-refractivity contribution in [2.45, 2.75) is 25.8 Å². The minimum Gasteiger partial charge on any atom is -0.334 e. The Balaban J connectivity index is 1.81. The van der Waals surface area contributed by atoms with Gasteiger partial charge >= 0.3 is 0 Å². The van der Waals surface area contributed by atoms with E-state index in [4.69, 9.17) is 0 Å². The van der Waals surface area contributed by atoms with Crippen molar-refractivity contribution in [3.63, 3.8) is 0 Å². The standard InChI is InChI=1S/C15H17N5O/c1-11(21)20-8-4-5-13(20)12-9-16-10-15(18-12)19-14-6-2-3-7-17-14/h2-3,6-7,9-10,13H,4-5,8H2,1H3,(H,17,18,19)/t13-/m1/s1. The van der Waals surface area contributed by atoms with E-state index in [1.807, 2.05) is 23.1 Å². The largest absolute Gasteiger partial charge is 0.334 e. The van der Waals surface area contributed by atoms with Gasteiger partial charge in [0.05, 0.1) is 24.1 Å². The van der Waals surface area contributed by atoms with Crippen LogP contribution >= 0.6 is 0 Å². The lowest BCUT2D eigenvalue weighted by Gasteiger charge is -2.22. The number of nitrogens with one attached hydrogen (secondary N) is 1. The van der Waals surface area contributed by atoms with Gasteiger partial charge in [0.2, 0.25) is 5.91 Å². The van der Waals surface area contributed by atoms with Gasteiger partial charge in [-0.15, -0.1) is 0 Å². The molecule has 2 aromatic heterocycles. The zero-order valence-electron chi connectivity index (χ0n) is 11.9. The summed E-state index contributed by atoms with van der Waals surface area (Å²) in [5.74, 6) is 1.45. The van der Waals surface area contributed by atoms with Crippen LogP contribution in [0.1, 0.15) is 31.5 Å². The number of carbonyl (C=O) groups excluding carboxylic acids is 1. The second kappa shape index (κ2) is 5.87. The molecule has 1 aliphatic heterocycles. The highest BCUT2D eigenvalue weighted by molar-refractivity contribution is 5.74. The highest BCUT2D eigenvalue weighted by Gasteiger charge is 2.29. The number of pyridine rings is 1. The van der Waals surface area contributed by atoms with Gasteiger partial charge < -0.3 is 10.2 Å². The molecule has 2 aromatic rings. The van der Waals surface area contributed by atoms with Gasteiger partial charge in [-0.2, -0.15) is 0 Å². The number of hydrogen-bond acceptors (Lipinski definition) is 5. The van der Waals surface area contributed by atoms with Gasteiger partial charge in [-0.1, -0.05) is 6.07 Å². The molecular formula is C15H17N5O. The van der Waals surface area contributed by atoms with Crippen molar-refractivity contribution in [1.29, 1.82) is 0 Å². The smallest absolute Gasteiger partial charge is 0.220 e. The Labute approximate surface area is 123 Å². The summed E-state index contributed by atoms with van der Waals surface area (Å²) in [7, 11) is 0. The van der Waals surface area contributed by atoms with Crippen LogP contribution in [0.5, 0.6) is 0 Å². The Bertz CT molecular complexity index is 631. The number of amides is 1. The normalized spacial score (nSPS) is 17.8. The van der Waals surface area contributed by atoms with Gasteiger partial charge in [0.25, 0.3) is 0 Å². The van der Waals surface area contributed by atoms with Crippen LogP contribution in [-0.4, -0.2) is 32.3 Å². The van der Waals surface area contributed by atoms with Crippen LogP contribution in [0.2, 0.25) is 0 Å². The van der Waals surface area contributed by atoms with E-state index in [1.165, 1.54) is 0 Å². The molecule has 1 amide bonds. The van der Waals surface area contributed by atoms with Crippen molar-refractivity contribution in [2.24, 2.45) is 0 Å². The highest BCUT2D eigenvalue weighted by Crippen LogP contribution is 2.30. The minimum absolute atomic E-state index is 0.0282. The molecule has 21 heavy (non-hydrogen) atoms. The second-order valence-corrected chi connectivity index (χ2v) is 5.04. The minimum atomic E-state index is 0.0282. The molecule has 0 spiro atoms. The molecular weight excluding hydrogens is 266 g/mol. The molecule has 3 heterocycles. The lowest BCUT2D eigenvalue weighted by atomic mass is 10.1. The fraction of sp³-hybridized carbons (Fsp3) is 0.333. The molecule has 1 aliphatic rings. The topological polar surface area (TPSA) is 71.0 Å². The maximum Gasteiger partial charge on any atom is 0.220 e. The van der Waals surface area contributed by atoms with Gasteiger partial charge in [-0.3, -0.25) is 9.78 Å². The average Bonchev–Trinajstić information content (AvgIpc) is 2.98. The summed E-state index contributed by atoms with van der Waals surface area (Å²) in [5.41, 5.74) is 0.823. The van der Waals surface area contributed by atoms with E-state index in [9.17, 15) is 4.79 Å². The highest BCUT2D eigenvalue weighted by atomic mass is 16.2. The quantitative estimate of drug-likeness (QED) is 0.935. The Morgan fingerprint density at radius 3 is 3.00 bits per heavy atom. The first kappa shape index (κ1) is 13.5. The number of aromatic nitrogens is 3. The fourth-order valence-corrected chi connectivity index (χ4v) is 2.62. The molecule has 1 fully saturated rings. The Morgan fingerprint density at radius 2 is 2.24 bits per heavy atom. The summed E-state index contributed by atoms with van der Waals surface area (Å²) in [6, 6.07) is 5.66. The molecule has 1 atom stereocenters. The van der Waals surface area contributed by atoms with Crippen molar-refractivity contribution in [3.8, 4) is 0 Å². The third kappa shape index (κ3) is 2.99. The van der Waals surface area contributed by atoms with E-state index in [0.717, 1.165) is 30.9 Å². The molecule has 3 rings (SSSR count). The second-order valence-electron chi connectivity index (χ2n) is 5.04. The summed E-state index contributed by atoms with van der Waals surface area (Å²) in [4.78, 5) is 26.5. The number of rotatable bonds is 3. The van der Waals surface area contributed by atoms with Crippen molar-refractivity contribution in [1.82, 2.24) is 19.9 Å². The number of anilines is 2. The lowest BCUT2D eigenvalue weighted by molar-refractivity contribution is -0.129. The SMILES string of the molecule is CC(=O)N1CCC[C@@H]1c1cncc(Nc2ccccn2)n1. The van der Waals surface area contributed by atoms with Crippen LogP contribution in [0.25, 0.3) is 0 Å². The van der Waals surface area contributed by atoms with Gasteiger partial charge in [0, 0.05) is 19.7 Å². The molecule has 1 N–H and O–H groups in total. The molecule has 0 saturated carbocycles. The van der Waals surface area contributed by atoms with Crippen LogP contribution in [0.3, 0.4) is 0 Å². The van der Waals surface area contributed by atoms with Crippen LogP contribution in [0, 0.1) is 0 Å². The Morgan fingerprint density at radius 1 is 1.33 bits per heavy atom. The summed E-state index contributed by atoms with van der Waals surface area (Å²) < 4.78 is 0. The van der Waals surface area contributed by atoms with E-state index in [1.54, 1.807) is 25.5 Å². The van der Waals surface area contributed by atoms with Gasteiger partial charge in [-0.05, 0) is 25.0 Å². The molecule has 6 nitrogen and oxygen atoms in total. The van der Waals surface area contributed by atoms with Gasteiger partial charge in [0.15, 0.2) is 0 Å². The first-order chi connectivity index (χ1) is 10.2. The van der Waals surface area contributed by atoms with Gasteiger partial charge in [-0.25, -0.2) is 9.97 Å². The third-order valence-electron chi connectivity index (χ3n) is 3.57. The van der Waals surface area contributed by atoms with Crippen LogP contribution in [0.4, 0.5) is 11.6 Å². The Hall–Kier alpha value is -2.50. The predicted octanol–water partition coefficient (Wildman–Crippen LogP) is 2.30. The zero-order chi connectivity index (χ0) is 14.7. The van der Waals surface area contributed by atoms with Crippen LogP contribution < -0.4 is 5.32 Å². The summed E-state index contributed by atoms with van der Waals surface area (Å²) in [6.07, 6.45) is 7.04. The van der Waals surface area contributed by atoms with E-state index in [0.29, 0.717) is 5.82 Å². The number of hydrogen-bond donors (Lipinski definition) is 1. The summed E-state index contributed by atoms with van der Waals surface area (Å²) >= 11 is 0. The number of carbonyl (C=O) groups is 1. The molecule has 1 saturated heterocycles. The molecule has 0 bridgehead atoms.